The molecule has 2 rings (SSSR count). The molecule has 0 amide bonds. The molecule has 1 aliphatic carbocycles. The fourth-order valence-corrected chi connectivity index (χ4v) is 2.41. The molecule has 0 radical (unpaired) electrons. The van der Waals surface area contributed by atoms with E-state index in [9.17, 15) is 0 Å². The van der Waals surface area contributed by atoms with E-state index in [1.165, 1.54) is 36.8 Å². The van der Waals surface area contributed by atoms with Crippen molar-refractivity contribution in [1.29, 1.82) is 0 Å². The predicted octanol–water partition coefficient (Wildman–Crippen LogP) is 2.91. The van der Waals surface area contributed by atoms with Gasteiger partial charge in [-0.1, -0.05) is 24.3 Å². The van der Waals surface area contributed by atoms with Crippen molar-refractivity contribution in [2.24, 2.45) is 17.6 Å². The lowest BCUT2D eigenvalue weighted by molar-refractivity contribution is 0.431. The second kappa shape index (κ2) is 4.80. The maximum atomic E-state index is 5.69. The fraction of sp³-hybridized carbons (Fsp3) is 0.571. The van der Waals surface area contributed by atoms with Gasteiger partial charge in [0.2, 0.25) is 0 Å². The van der Waals surface area contributed by atoms with E-state index in [1.807, 2.05) is 0 Å². The van der Waals surface area contributed by atoms with Crippen molar-refractivity contribution in [2.75, 3.05) is 6.54 Å². The lowest BCUT2D eigenvalue weighted by Crippen LogP contribution is -2.13. The molecule has 0 spiro atoms. The van der Waals surface area contributed by atoms with Crippen molar-refractivity contribution in [3.05, 3.63) is 35.4 Å². The highest BCUT2D eigenvalue weighted by molar-refractivity contribution is 5.26. The Hall–Kier alpha value is -0.820. The molecule has 0 aromatic heterocycles. The molecule has 1 saturated carbocycles. The van der Waals surface area contributed by atoms with Gasteiger partial charge in [0.15, 0.2) is 0 Å². The van der Waals surface area contributed by atoms with E-state index in [4.69, 9.17) is 5.73 Å². The Bertz CT molecular complexity index is 315. The van der Waals surface area contributed by atoms with Crippen LogP contribution in [0.5, 0.6) is 0 Å². The molecule has 1 fully saturated rings. The van der Waals surface area contributed by atoms with Crippen LogP contribution in [0.1, 0.15) is 30.4 Å². The third kappa shape index (κ3) is 2.82. The maximum Gasteiger partial charge on any atom is -0.00744 e. The Morgan fingerprint density at radius 2 is 2.07 bits per heavy atom. The van der Waals surface area contributed by atoms with Crippen LogP contribution in [-0.2, 0) is 6.42 Å². The zero-order valence-corrected chi connectivity index (χ0v) is 9.58. The van der Waals surface area contributed by atoms with Gasteiger partial charge in [-0.3, -0.25) is 0 Å². The van der Waals surface area contributed by atoms with Crippen molar-refractivity contribution in [3.63, 3.8) is 0 Å². The third-order valence-corrected chi connectivity index (χ3v) is 3.57. The average molecular weight is 203 g/mol. The van der Waals surface area contributed by atoms with Gasteiger partial charge in [-0.2, -0.15) is 0 Å². The summed E-state index contributed by atoms with van der Waals surface area (Å²) in [4.78, 5) is 0. The SMILES string of the molecule is Cc1ccccc1CC(CCN)C1CC1. The van der Waals surface area contributed by atoms with Crippen LogP contribution >= 0.6 is 0 Å². The van der Waals surface area contributed by atoms with Crippen molar-refractivity contribution >= 4 is 0 Å². The first-order valence-electron chi connectivity index (χ1n) is 6.06. The molecule has 82 valence electrons. The standard InChI is InChI=1S/C14H21N/c1-11-4-2-3-5-13(11)10-14(8-9-15)12-6-7-12/h2-5,12,14H,6-10,15H2,1H3. The second-order valence-electron chi connectivity index (χ2n) is 4.81. The van der Waals surface area contributed by atoms with Crippen LogP contribution in [0, 0.1) is 18.8 Å². The Balaban J connectivity index is 2.02. The van der Waals surface area contributed by atoms with Gasteiger partial charge in [0.1, 0.15) is 0 Å². The van der Waals surface area contributed by atoms with Crippen molar-refractivity contribution in [3.8, 4) is 0 Å². The van der Waals surface area contributed by atoms with Gasteiger partial charge in [0, 0.05) is 0 Å². The molecule has 0 saturated heterocycles. The molecule has 2 N–H and O–H groups in total. The number of nitrogens with two attached hydrogens (primary N) is 1. The molecule has 1 aromatic rings. The van der Waals surface area contributed by atoms with Gasteiger partial charge >= 0.3 is 0 Å². The Labute approximate surface area is 92.7 Å². The third-order valence-electron chi connectivity index (χ3n) is 3.57. The first-order valence-corrected chi connectivity index (χ1v) is 6.06. The molecular weight excluding hydrogens is 182 g/mol. The highest BCUT2D eigenvalue weighted by atomic mass is 14.5. The topological polar surface area (TPSA) is 26.0 Å². The van der Waals surface area contributed by atoms with E-state index in [-0.39, 0.29) is 0 Å². The molecule has 15 heavy (non-hydrogen) atoms. The second-order valence-corrected chi connectivity index (χ2v) is 4.81. The average Bonchev–Trinajstić information content (AvgIpc) is 3.04. The van der Waals surface area contributed by atoms with Gasteiger partial charge in [0.05, 0.1) is 0 Å². The molecule has 1 nitrogen and oxygen atoms in total. The highest BCUT2D eigenvalue weighted by Gasteiger charge is 2.30. The summed E-state index contributed by atoms with van der Waals surface area (Å²) in [6, 6.07) is 8.74. The van der Waals surface area contributed by atoms with Gasteiger partial charge in [0.25, 0.3) is 0 Å². The lowest BCUT2D eigenvalue weighted by Gasteiger charge is -2.16. The summed E-state index contributed by atoms with van der Waals surface area (Å²) in [5.74, 6) is 1.80. The van der Waals surface area contributed by atoms with Crippen LogP contribution in [0.2, 0.25) is 0 Å². The normalized spacial score (nSPS) is 17.7. The van der Waals surface area contributed by atoms with E-state index in [0.717, 1.165) is 18.4 Å². The number of hydrogen-bond donors (Lipinski definition) is 1. The summed E-state index contributed by atoms with van der Waals surface area (Å²) in [6.45, 7) is 3.05. The number of rotatable bonds is 5. The molecule has 1 unspecified atom stereocenters. The van der Waals surface area contributed by atoms with E-state index >= 15 is 0 Å². The number of hydrogen-bond acceptors (Lipinski definition) is 1. The van der Waals surface area contributed by atoms with E-state index in [2.05, 4.69) is 31.2 Å². The predicted molar refractivity (Wildman–Crippen MR) is 64.8 cm³/mol. The zero-order valence-electron chi connectivity index (χ0n) is 9.58. The molecule has 0 aliphatic heterocycles. The minimum absolute atomic E-state index is 0.830. The molecule has 1 atom stereocenters. The molecule has 0 bridgehead atoms. The largest absolute Gasteiger partial charge is 0.330 e. The van der Waals surface area contributed by atoms with Gasteiger partial charge in [-0.25, -0.2) is 0 Å². The van der Waals surface area contributed by atoms with Crippen LogP contribution in [-0.4, -0.2) is 6.54 Å². The van der Waals surface area contributed by atoms with Crippen LogP contribution in [0.3, 0.4) is 0 Å². The lowest BCUT2D eigenvalue weighted by atomic mass is 9.90. The Morgan fingerprint density at radius 3 is 2.67 bits per heavy atom. The molecule has 1 heteroatoms. The van der Waals surface area contributed by atoms with Crippen molar-refractivity contribution < 1.29 is 0 Å². The quantitative estimate of drug-likeness (QED) is 0.782. The maximum absolute atomic E-state index is 5.69. The summed E-state index contributed by atoms with van der Waals surface area (Å²) in [5.41, 5.74) is 8.63. The molecular formula is C14H21N. The van der Waals surface area contributed by atoms with Gasteiger partial charge in [-0.15, -0.1) is 0 Å². The van der Waals surface area contributed by atoms with Crippen LogP contribution in [0.15, 0.2) is 24.3 Å². The molecule has 1 aromatic carbocycles. The monoisotopic (exact) mass is 203 g/mol. The van der Waals surface area contributed by atoms with Crippen LogP contribution < -0.4 is 5.73 Å². The van der Waals surface area contributed by atoms with E-state index in [0.29, 0.717) is 0 Å². The highest BCUT2D eigenvalue weighted by Crippen LogP contribution is 2.40. The number of benzene rings is 1. The molecule has 0 heterocycles. The summed E-state index contributed by atoms with van der Waals surface area (Å²) in [5, 5.41) is 0. The van der Waals surface area contributed by atoms with Gasteiger partial charge < -0.3 is 5.73 Å². The van der Waals surface area contributed by atoms with E-state index in [1.54, 1.807) is 0 Å². The summed E-state index contributed by atoms with van der Waals surface area (Å²) < 4.78 is 0. The summed E-state index contributed by atoms with van der Waals surface area (Å²) >= 11 is 0. The van der Waals surface area contributed by atoms with Gasteiger partial charge in [-0.05, 0) is 62.1 Å². The smallest absolute Gasteiger partial charge is 0.00744 e. The first-order chi connectivity index (χ1) is 7.31. The first kappa shape index (κ1) is 10.7. The van der Waals surface area contributed by atoms with Crippen molar-refractivity contribution in [2.45, 2.75) is 32.6 Å². The van der Waals surface area contributed by atoms with Crippen molar-refractivity contribution in [1.82, 2.24) is 0 Å². The summed E-state index contributed by atoms with van der Waals surface area (Å²) in [7, 11) is 0. The fourth-order valence-electron chi connectivity index (χ4n) is 2.41. The molecule has 1 aliphatic rings. The van der Waals surface area contributed by atoms with Crippen LogP contribution in [0.25, 0.3) is 0 Å². The minimum atomic E-state index is 0.830. The minimum Gasteiger partial charge on any atom is -0.330 e. The Morgan fingerprint density at radius 1 is 1.33 bits per heavy atom. The Kier molecular flexibility index (Phi) is 3.42. The van der Waals surface area contributed by atoms with Crippen LogP contribution in [0.4, 0.5) is 0 Å². The number of aryl methyl sites for hydroxylation is 1. The summed E-state index contributed by atoms with van der Waals surface area (Å²) in [6.07, 6.45) is 5.28. The zero-order chi connectivity index (χ0) is 10.7. The van der Waals surface area contributed by atoms with E-state index < -0.39 is 0 Å².